The fourth-order valence-corrected chi connectivity index (χ4v) is 3.70. The molecule has 0 saturated carbocycles. The van der Waals surface area contributed by atoms with Crippen LogP contribution in [0, 0.1) is 6.92 Å². The van der Waals surface area contributed by atoms with Gasteiger partial charge in [0.1, 0.15) is 6.04 Å². The average Bonchev–Trinajstić information content (AvgIpc) is 3.20. The summed E-state index contributed by atoms with van der Waals surface area (Å²) in [6.45, 7) is 2.92. The van der Waals surface area contributed by atoms with E-state index < -0.39 is 6.04 Å². The van der Waals surface area contributed by atoms with E-state index in [1.165, 1.54) is 11.2 Å². The highest BCUT2D eigenvalue weighted by Crippen LogP contribution is 2.29. The van der Waals surface area contributed by atoms with E-state index in [4.69, 9.17) is 4.42 Å². The van der Waals surface area contributed by atoms with Gasteiger partial charge in [0.2, 0.25) is 0 Å². The first kappa shape index (κ1) is 17.3. The van der Waals surface area contributed by atoms with E-state index >= 15 is 0 Å². The summed E-state index contributed by atoms with van der Waals surface area (Å²) >= 11 is 0. The first-order valence-corrected chi connectivity index (χ1v) is 9.07. The fraction of sp³-hybridized carbons (Fsp3) is 0.350. The zero-order valence-electron chi connectivity index (χ0n) is 15.1. The third-order valence-electron chi connectivity index (χ3n) is 5.19. The molecule has 4 rings (SSSR count). The molecule has 2 aromatic rings. The van der Waals surface area contributed by atoms with Crippen molar-refractivity contribution in [2.24, 2.45) is 0 Å². The van der Waals surface area contributed by atoms with Gasteiger partial charge in [-0.15, -0.1) is 0 Å². The number of nitrogens with one attached hydrogen (secondary N) is 1. The molecule has 2 aliphatic heterocycles. The van der Waals surface area contributed by atoms with E-state index in [-0.39, 0.29) is 17.8 Å². The summed E-state index contributed by atoms with van der Waals surface area (Å²) in [7, 11) is 0. The zero-order valence-corrected chi connectivity index (χ0v) is 15.1. The quantitative estimate of drug-likeness (QED) is 0.648. The van der Waals surface area contributed by atoms with Crippen molar-refractivity contribution in [2.45, 2.75) is 32.4 Å². The number of nitrogens with zero attached hydrogens (tertiary/aromatic N) is 2. The molecule has 1 N–H and O–H groups in total. The van der Waals surface area contributed by atoms with Gasteiger partial charge in [-0.25, -0.2) is 4.79 Å². The highest BCUT2D eigenvalue weighted by Gasteiger charge is 2.46. The second kappa shape index (κ2) is 6.90. The summed E-state index contributed by atoms with van der Waals surface area (Å²) in [4.78, 5) is 40.3. The first-order valence-electron chi connectivity index (χ1n) is 9.07. The van der Waals surface area contributed by atoms with Crippen molar-refractivity contribution < 1.29 is 18.8 Å². The van der Waals surface area contributed by atoms with Crippen LogP contribution in [0.1, 0.15) is 33.7 Å². The molecule has 1 aromatic heterocycles. The van der Waals surface area contributed by atoms with E-state index in [1.807, 2.05) is 24.3 Å². The van der Waals surface area contributed by atoms with Crippen LogP contribution in [0.4, 0.5) is 4.79 Å². The Hall–Kier alpha value is -3.09. The lowest BCUT2D eigenvalue weighted by molar-refractivity contribution is -0.128. The number of furan rings is 1. The number of urea groups is 1. The topological polar surface area (TPSA) is 82.9 Å². The molecule has 1 atom stereocenters. The lowest BCUT2D eigenvalue weighted by atomic mass is 9.95. The van der Waals surface area contributed by atoms with Gasteiger partial charge in [0.05, 0.1) is 6.26 Å². The van der Waals surface area contributed by atoms with Gasteiger partial charge in [0, 0.05) is 31.6 Å². The Morgan fingerprint density at radius 3 is 2.74 bits per heavy atom. The molecule has 3 heterocycles. The fourth-order valence-electron chi connectivity index (χ4n) is 3.70. The van der Waals surface area contributed by atoms with Gasteiger partial charge in [-0.3, -0.25) is 14.5 Å². The van der Waals surface area contributed by atoms with Crippen LogP contribution < -0.4 is 5.32 Å². The third kappa shape index (κ3) is 3.09. The van der Waals surface area contributed by atoms with E-state index in [1.54, 1.807) is 17.9 Å². The summed E-state index contributed by atoms with van der Waals surface area (Å²) in [5.41, 5.74) is 2.99. The number of rotatable bonds is 5. The van der Waals surface area contributed by atoms with Crippen molar-refractivity contribution >= 4 is 17.8 Å². The number of carbonyl (C=O) groups excluding carboxylic acids is 3. The van der Waals surface area contributed by atoms with Crippen molar-refractivity contribution in [3.8, 4) is 0 Å². The van der Waals surface area contributed by atoms with E-state index in [2.05, 4.69) is 5.32 Å². The Morgan fingerprint density at radius 1 is 1.22 bits per heavy atom. The number of carbonyl (C=O) groups is 3. The molecule has 4 amide bonds. The summed E-state index contributed by atoms with van der Waals surface area (Å²) < 4.78 is 5.15. The van der Waals surface area contributed by atoms with Crippen LogP contribution in [-0.2, 0) is 17.8 Å². The van der Waals surface area contributed by atoms with Crippen LogP contribution in [0.3, 0.4) is 0 Å². The minimum atomic E-state index is -0.409. The molecule has 0 spiro atoms. The van der Waals surface area contributed by atoms with Gasteiger partial charge in [0.25, 0.3) is 11.8 Å². The molecule has 0 bridgehead atoms. The zero-order chi connectivity index (χ0) is 19.0. The number of fused-ring (bicyclic) bond motifs is 2. The van der Waals surface area contributed by atoms with Crippen LogP contribution in [0.5, 0.6) is 0 Å². The maximum Gasteiger partial charge on any atom is 0.327 e. The number of hydrogen-bond donors (Lipinski definition) is 1. The maximum atomic E-state index is 12.7. The molecule has 0 aliphatic carbocycles. The Labute approximate surface area is 156 Å². The Bertz CT molecular complexity index is 861. The minimum absolute atomic E-state index is 0.150. The molecular formula is C20H21N3O4. The normalized spacial score (nSPS) is 18.5. The number of imide groups is 1. The smallest absolute Gasteiger partial charge is 0.327 e. The Kier molecular flexibility index (Phi) is 4.43. The van der Waals surface area contributed by atoms with E-state index in [0.717, 1.165) is 16.7 Å². The van der Waals surface area contributed by atoms with E-state index in [0.29, 0.717) is 38.2 Å². The average molecular weight is 367 g/mol. The van der Waals surface area contributed by atoms with E-state index in [9.17, 15) is 14.4 Å². The number of aryl methyl sites for hydroxylation is 1. The summed E-state index contributed by atoms with van der Waals surface area (Å²) in [6, 6.07) is 8.99. The minimum Gasteiger partial charge on any atom is -0.459 e. The van der Waals surface area contributed by atoms with Crippen molar-refractivity contribution in [1.82, 2.24) is 15.1 Å². The standard InChI is InChI=1S/C20H21N3O4/c1-13-7-10-27-17(13)18(24)21-8-4-9-22-19(25)16-11-14-5-2-3-6-15(14)12-23(16)20(22)26/h2-3,5-7,10,16H,4,8-9,11-12H2,1H3,(H,21,24)/t16-/m1/s1. The Balaban J connectivity index is 1.33. The van der Waals surface area contributed by atoms with Gasteiger partial charge < -0.3 is 14.6 Å². The first-order chi connectivity index (χ1) is 13.1. The number of hydrogen-bond acceptors (Lipinski definition) is 4. The van der Waals surface area contributed by atoms with Crippen LogP contribution in [0.2, 0.25) is 0 Å². The monoisotopic (exact) mass is 367 g/mol. The van der Waals surface area contributed by atoms with Crippen LogP contribution in [-0.4, -0.2) is 46.8 Å². The molecule has 1 aromatic carbocycles. The largest absolute Gasteiger partial charge is 0.459 e. The molecule has 7 heteroatoms. The van der Waals surface area contributed by atoms with Crippen LogP contribution in [0.25, 0.3) is 0 Å². The molecule has 1 fully saturated rings. The number of amides is 4. The number of benzene rings is 1. The highest BCUT2D eigenvalue weighted by atomic mass is 16.3. The van der Waals surface area contributed by atoms with Crippen molar-refractivity contribution in [3.63, 3.8) is 0 Å². The molecule has 0 unspecified atom stereocenters. The van der Waals surface area contributed by atoms with Crippen molar-refractivity contribution in [2.75, 3.05) is 13.1 Å². The van der Waals surface area contributed by atoms with Crippen molar-refractivity contribution in [3.05, 3.63) is 59.0 Å². The van der Waals surface area contributed by atoms with Gasteiger partial charge >= 0.3 is 6.03 Å². The van der Waals surface area contributed by atoms with Crippen LogP contribution >= 0.6 is 0 Å². The Morgan fingerprint density at radius 2 is 2.00 bits per heavy atom. The molecular weight excluding hydrogens is 346 g/mol. The second-order valence-corrected chi connectivity index (χ2v) is 6.93. The van der Waals surface area contributed by atoms with Crippen molar-refractivity contribution in [1.29, 1.82) is 0 Å². The van der Waals surface area contributed by atoms with Gasteiger partial charge in [-0.1, -0.05) is 24.3 Å². The lowest BCUT2D eigenvalue weighted by Crippen LogP contribution is -2.39. The van der Waals surface area contributed by atoms with Crippen LogP contribution in [0.15, 0.2) is 41.0 Å². The van der Waals surface area contributed by atoms with Gasteiger partial charge in [0.15, 0.2) is 5.76 Å². The third-order valence-corrected chi connectivity index (χ3v) is 5.19. The summed E-state index contributed by atoms with van der Waals surface area (Å²) in [5.74, 6) is -0.148. The summed E-state index contributed by atoms with van der Waals surface area (Å²) in [6.07, 6.45) is 2.53. The molecule has 2 aliphatic rings. The van der Waals surface area contributed by atoms with Gasteiger partial charge in [-0.05, 0) is 30.5 Å². The predicted molar refractivity (Wildman–Crippen MR) is 97.0 cm³/mol. The molecule has 7 nitrogen and oxygen atoms in total. The predicted octanol–water partition coefficient (Wildman–Crippen LogP) is 2.10. The second-order valence-electron chi connectivity index (χ2n) is 6.93. The summed E-state index contributed by atoms with van der Waals surface area (Å²) in [5, 5.41) is 2.76. The highest BCUT2D eigenvalue weighted by molar-refractivity contribution is 6.04. The maximum absolute atomic E-state index is 12.7. The molecule has 1 saturated heterocycles. The SMILES string of the molecule is Cc1ccoc1C(=O)NCCCN1C(=O)[C@H]2Cc3ccccc3CN2C1=O. The molecule has 0 radical (unpaired) electrons. The van der Waals surface area contributed by atoms with Gasteiger partial charge in [-0.2, -0.15) is 0 Å². The molecule has 27 heavy (non-hydrogen) atoms. The lowest BCUT2D eigenvalue weighted by Gasteiger charge is -2.28. The molecule has 140 valence electrons.